The highest BCUT2D eigenvalue weighted by atomic mass is 16.5. The monoisotopic (exact) mass is 262 g/mol. The zero-order chi connectivity index (χ0) is 13.2. The van der Waals surface area contributed by atoms with Crippen molar-refractivity contribution in [2.45, 2.75) is 6.04 Å². The van der Waals surface area contributed by atoms with Crippen LogP contribution in [0.15, 0.2) is 24.3 Å². The van der Waals surface area contributed by atoms with Crippen LogP contribution < -0.4 is 10.4 Å². The van der Waals surface area contributed by atoms with E-state index in [1.165, 1.54) is 0 Å². The molecule has 0 bridgehead atoms. The Morgan fingerprint density at radius 1 is 1.11 bits per heavy atom. The van der Waals surface area contributed by atoms with Crippen molar-refractivity contribution in [3.8, 4) is 0 Å². The topological polar surface area (TPSA) is 56.2 Å². The van der Waals surface area contributed by atoms with Crippen LogP contribution in [0.2, 0.25) is 0 Å². The van der Waals surface area contributed by atoms with Gasteiger partial charge < -0.3 is 19.7 Å². The lowest BCUT2D eigenvalue weighted by Crippen LogP contribution is -2.58. The van der Waals surface area contributed by atoms with Crippen molar-refractivity contribution in [2.24, 2.45) is 0 Å². The largest absolute Gasteiger partial charge is 0.488 e. The van der Waals surface area contributed by atoms with Gasteiger partial charge in [0.1, 0.15) is 0 Å². The number of nitrogens with zero attached hydrogens (tertiary/aromatic N) is 2. The fraction of sp³-hybridized carbons (Fsp3) is 0.538. The Kier molecular flexibility index (Phi) is 3.75. The van der Waals surface area contributed by atoms with Crippen molar-refractivity contribution >= 4 is 18.3 Å². The number of hydrogen-bond acceptors (Lipinski definition) is 5. The molecule has 0 amide bonds. The summed E-state index contributed by atoms with van der Waals surface area (Å²) < 4.78 is 5.54. The van der Waals surface area contributed by atoms with Gasteiger partial charge in [-0.05, 0) is 17.6 Å². The average Bonchev–Trinajstić information content (AvgIpc) is 2.47. The van der Waals surface area contributed by atoms with Crippen molar-refractivity contribution < 1.29 is 14.8 Å². The van der Waals surface area contributed by atoms with E-state index in [4.69, 9.17) is 14.8 Å². The van der Waals surface area contributed by atoms with Crippen LogP contribution >= 0.6 is 0 Å². The molecule has 0 radical (unpaired) electrons. The Hall–Kier alpha value is -1.08. The first-order chi connectivity index (χ1) is 9.24. The van der Waals surface area contributed by atoms with Gasteiger partial charge >= 0.3 is 7.12 Å². The van der Waals surface area contributed by atoms with Gasteiger partial charge in [0.2, 0.25) is 0 Å². The molecule has 19 heavy (non-hydrogen) atoms. The van der Waals surface area contributed by atoms with Crippen LogP contribution in [0.4, 0.5) is 5.69 Å². The molecule has 2 fully saturated rings. The minimum absolute atomic E-state index is 0.477. The second-order valence-corrected chi connectivity index (χ2v) is 5.18. The molecule has 0 aliphatic carbocycles. The van der Waals surface area contributed by atoms with Gasteiger partial charge in [0.15, 0.2) is 0 Å². The van der Waals surface area contributed by atoms with Crippen molar-refractivity contribution in [1.82, 2.24) is 4.90 Å². The summed E-state index contributed by atoms with van der Waals surface area (Å²) in [6.07, 6.45) is 0. The smallest absolute Gasteiger partial charge is 0.423 e. The van der Waals surface area contributed by atoms with Gasteiger partial charge in [-0.2, -0.15) is 0 Å². The predicted octanol–water partition coefficient (Wildman–Crippen LogP) is -1.11. The van der Waals surface area contributed by atoms with Gasteiger partial charge in [0.05, 0.1) is 19.3 Å². The maximum atomic E-state index is 9.10. The third-order valence-corrected chi connectivity index (χ3v) is 3.99. The van der Waals surface area contributed by atoms with E-state index in [1.54, 1.807) is 12.1 Å². The average molecular weight is 262 g/mol. The molecule has 1 aromatic rings. The standard InChI is InChI=1S/C13H19BN2O3/c17-14(18)11-1-3-12(4-2-11)16-6-5-15-7-8-19-10-13(15)9-16/h1-4,13,17-18H,5-10H2/t13-/m0/s1. The number of benzene rings is 1. The number of piperazine rings is 1. The van der Waals surface area contributed by atoms with Crippen LogP contribution in [-0.4, -0.2) is 67.5 Å². The lowest BCUT2D eigenvalue weighted by atomic mass is 9.80. The first kappa shape index (κ1) is 12.9. The number of morpholine rings is 1. The SMILES string of the molecule is OB(O)c1ccc(N2CCN3CCOC[C@@H]3C2)cc1. The highest BCUT2D eigenvalue weighted by Gasteiger charge is 2.29. The molecule has 6 heteroatoms. The summed E-state index contributed by atoms with van der Waals surface area (Å²) in [4.78, 5) is 4.83. The minimum Gasteiger partial charge on any atom is -0.423 e. The quantitative estimate of drug-likeness (QED) is 0.662. The summed E-state index contributed by atoms with van der Waals surface area (Å²) >= 11 is 0. The third-order valence-electron chi connectivity index (χ3n) is 3.99. The number of fused-ring (bicyclic) bond motifs is 1. The van der Waals surface area contributed by atoms with E-state index in [-0.39, 0.29) is 0 Å². The van der Waals surface area contributed by atoms with Crippen molar-refractivity contribution in [2.75, 3.05) is 44.3 Å². The predicted molar refractivity (Wildman–Crippen MR) is 74.7 cm³/mol. The van der Waals surface area contributed by atoms with Gasteiger partial charge in [-0.15, -0.1) is 0 Å². The maximum absolute atomic E-state index is 9.10. The molecule has 1 atom stereocenters. The Bertz CT molecular complexity index is 426. The van der Waals surface area contributed by atoms with Crippen LogP contribution in [0, 0.1) is 0 Å². The molecule has 2 N–H and O–H groups in total. The molecule has 102 valence electrons. The van der Waals surface area contributed by atoms with Gasteiger partial charge in [-0.3, -0.25) is 4.90 Å². The number of hydrogen-bond donors (Lipinski definition) is 2. The number of ether oxygens (including phenoxy) is 1. The van der Waals surface area contributed by atoms with E-state index in [2.05, 4.69) is 9.80 Å². The molecule has 3 rings (SSSR count). The fourth-order valence-electron chi connectivity index (χ4n) is 2.84. The van der Waals surface area contributed by atoms with E-state index in [0.717, 1.165) is 45.1 Å². The summed E-state index contributed by atoms with van der Waals surface area (Å²) in [6, 6.07) is 7.92. The molecular weight excluding hydrogens is 243 g/mol. The van der Waals surface area contributed by atoms with Gasteiger partial charge in [0, 0.05) is 31.9 Å². The van der Waals surface area contributed by atoms with Crippen LogP contribution in [-0.2, 0) is 4.74 Å². The first-order valence-electron chi connectivity index (χ1n) is 6.77. The number of anilines is 1. The Morgan fingerprint density at radius 2 is 1.89 bits per heavy atom. The van der Waals surface area contributed by atoms with Crippen LogP contribution in [0.3, 0.4) is 0 Å². The Labute approximate surface area is 113 Å². The normalized spacial score (nSPS) is 24.1. The lowest BCUT2D eigenvalue weighted by molar-refractivity contribution is -0.0116. The van der Waals surface area contributed by atoms with Crippen molar-refractivity contribution in [3.63, 3.8) is 0 Å². The van der Waals surface area contributed by atoms with E-state index in [1.807, 2.05) is 12.1 Å². The van der Waals surface area contributed by atoms with Gasteiger partial charge in [-0.25, -0.2) is 0 Å². The summed E-state index contributed by atoms with van der Waals surface area (Å²) in [5, 5.41) is 18.2. The molecule has 2 heterocycles. The van der Waals surface area contributed by atoms with Crippen LogP contribution in [0.5, 0.6) is 0 Å². The van der Waals surface area contributed by atoms with E-state index >= 15 is 0 Å². The molecule has 2 aliphatic heterocycles. The summed E-state index contributed by atoms with van der Waals surface area (Å²) in [5.74, 6) is 0. The molecule has 0 unspecified atom stereocenters. The highest BCUT2D eigenvalue weighted by molar-refractivity contribution is 6.58. The molecule has 0 aromatic heterocycles. The van der Waals surface area contributed by atoms with Gasteiger partial charge in [-0.1, -0.05) is 12.1 Å². The third kappa shape index (κ3) is 2.77. The first-order valence-corrected chi connectivity index (χ1v) is 6.77. The summed E-state index contributed by atoms with van der Waals surface area (Å²) in [5.41, 5.74) is 1.66. The Balaban J connectivity index is 1.69. The maximum Gasteiger partial charge on any atom is 0.488 e. The van der Waals surface area contributed by atoms with E-state index in [0.29, 0.717) is 11.5 Å². The van der Waals surface area contributed by atoms with Crippen molar-refractivity contribution in [3.05, 3.63) is 24.3 Å². The molecule has 5 nitrogen and oxygen atoms in total. The fourth-order valence-corrected chi connectivity index (χ4v) is 2.84. The molecule has 1 aromatic carbocycles. The minimum atomic E-state index is -1.39. The Morgan fingerprint density at radius 3 is 2.63 bits per heavy atom. The summed E-state index contributed by atoms with van der Waals surface area (Å²) in [6.45, 7) is 5.74. The molecule has 2 aliphatic rings. The zero-order valence-corrected chi connectivity index (χ0v) is 10.9. The van der Waals surface area contributed by atoms with E-state index in [9.17, 15) is 0 Å². The second kappa shape index (κ2) is 5.50. The molecule has 2 saturated heterocycles. The van der Waals surface area contributed by atoms with Crippen LogP contribution in [0.1, 0.15) is 0 Å². The highest BCUT2D eigenvalue weighted by Crippen LogP contribution is 2.20. The second-order valence-electron chi connectivity index (χ2n) is 5.18. The van der Waals surface area contributed by atoms with Gasteiger partial charge in [0.25, 0.3) is 0 Å². The van der Waals surface area contributed by atoms with E-state index < -0.39 is 7.12 Å². The van der Waals surface area contributed by atoms with Crippen LogP contribution in [0.25, 0.3) is 0 Å². The number of rotatable bonds is 2. The van der Waals surface area contributed by atoms with Crippen molar-refractivity contribution in [1.29, 1.82) is 0 Å². The molecular formula is C13H19BN2O3. The lowest BCUT2D eigenvalue weighted by Gasteiger charge is -2.44. The molecule has 0 spiro atoms. The molecule has 0 saturated carbocycles. The zero-order valence-electron chi connectivity index (χ0n) is 10.9. The summed E-state index contributed by atoms with van der Waals surface area (Å²) in [7, 11) is -1.39.